The number of rotatable bonds is 0. The molecule has 0 spiro atoms. The smallest absolute Gasteiger partial charge is 0.219 e. The van der Waals surface area contributed by atoms with E-state index in [1.165, 1.54) is 6.07 Å². The van der Waals surface area contributed by atoms with Gasteiger partial charge < -0.3 is 10.3 Å². The first-order chi connectivity index (χ1) is 5.77. The second-order valence-corrected chi connectivity index (χ2v) is 2.86. The SMILES string of the molecule is [O-][N+]1=CCCc2cc(O)ccc21. The molecule has 12 heavy (non-hydrogen) atoms. The van der Waals surface area contributed by atoms with Crippen LogP contribution in [0.3, 0.4) is 0 Å². The van der Waals surface area contributed by atoms with Crippen molar-refractivity contribution in [3.8, 4) is 5.75 Å². The summed E-state index contributed by atoms with van der Waals surface area (Å²) in [6.45, 7) is 0. The van der Waals surface area contributed by atoms with E-state index in [0.29, 0.717) is 5.69 Å². The van der Waals surface area contributed by atoms with E-state index < -0.39 is 0 Å². The van der Waals surface area contributed by atoms with Crippen LogP contribution in [-0.2, 0) is 6.42 Å². The van der Waals surface area contributed by atoms with Gasteiger partial charge in [0.25, 0.3) is 0 Å². The predicted molar refractivity (Wildman–Crippen MR) is 45.8 cm³/mol. The highest BCUT2D eigenvalue weighted by Crippen LogP contribution is 2.26. The van der Waals surface area contributed by atoms with Crippen molar-refractivity contribution in [3.63, 3.8) is 0 Å². The molecule has 1 aromatic rings. The number of aromatic hydroxyl groups is 1. The minimum Gasteiger partial charge on any atom is -0.619 e. The van der Waals surface area contributed by atoms with Gasteiger partial charge in [-0.15, -0.1) is 0 Å². The van der Waals surface area contributed by atoms with Crippen LogP contribution in [0.25, 0.3) is 0 Å². The first-order valence-electron chi connectivity index (χ1n) is 3.89. The van der Waals surface area contributed by atoms with Crippen LogP contribution >= 0.6 is 0 Å². The maximum atomic E-state index is 11.2. The zero-order chi connectivity index (χ0) is 8.55. The van der Waals surface area contributed by atoms with E-state index in [-0.39, 0.29) is 5.75 Å². The summed E-state index contributed by atoms with van der Waals surface area (Å²) in [4.78, 5) is 0. The molecule has 0 aliphatic carbocycles. The Morgan fingerprint density at radius 1 is 1.42 bits per heavy atom. The maximum absolute atomic E-state index is 11.2. The van der Waals surface area contributed by atoms with Gasteiger partial charge in [-0.05, 0) is 18.6 Å². The minimum atomic E-state index is 0.226. The van der Waals surface area contributed by atoms with Crippen molar-refractivity contribution < 1.29 is 9.85 Å². The van der Waals surface area contributed by atoms with Gasteiger partial charge in [-0.2, -0.15) is 4.74 Å². The molecule has 0 saturated carbocycles. The molecule has 62 valence electrons. The fourth-order valence-electron chi connectivity index (χ4n) is 1.42. The summed E-state index contributed by atoms with van der Waals surface area (Å²) in [7, 11) is 0. The molecule has 1 heterocycles. The normalized spacial score (nSPS) is 15.2. The number of hydrogen-bond acceptors (Lipinski definition) is 2. The summed E-state index contributed by atoms with van der Waals surface area (Å²) in [5.41, 5.74) is 1.58. The number of benzene rings is 1. The van der Waals surface area contributed by atoms with Gasteiger partial charge in [0, 0.05) is 18.1 Å². The number of phenols is 1. The zero-order valence-corrected chi connectivity index (χ0v) is 6.53. The van der Waals surface area contributed by atoms with Crippen LogP contribution in [0.1, 0.15) is 12.0 Å². The molecule has 3 heteroatoms. The van der Waals surface area contributed by atoms with Gasteiger partial charge in [0.05, 0.1) is 0 Å². The molecule has 0 bridgehead atoms. The Morgan fingerprint density at radius 3 is 3.08 bits per heavy atom. The highest BCUT2D eigenvalue weighted by Gasteiger charge is 2.14. The Kier molecular flexibility index (Phi) is 1.50. The first kappa shape index (κ1) is 7.16. The van der Waals surface area contributed by atoms with Crippen LogP contribution in [0.15, 0.2) is 18.2 Å². The third-order valence-electron chi connectivity index (χ3n) is 2.01. The molecule has 1 aliphatic rings. The predicted octanol–water partition coefficient (Wildman–Crippen LogP) is 1.55. The van der Waals surface area contributed by atoms with Crippen molar-refractivity contribution in [1.29, 1.82) is 0 Å². The molecule has 0 radical (unpaired) electrons. The Balaban J connectivity index is 2.56. The number of nitrogens with zero attached hydrogens (tertiary/aromatic N) is 1. The second kappa shape index (κ2) is 2.52. The van der Waals surface area contributed by atoms with Gasteiger partial charge in [-0.25, -0.2) is 0 Å². The number of fused-ring (bicyclic) bond motifs is 1. The Hall–Kier alpha value is -1.51. The minimum absolute atomic E-state index is 0.226. The number of hydrogen-bond donors (Lipinski definition) is 1. The molecule has 1 N–H and O–H groups in total. The van der Waals surface area contributed by atoms with Crippen LogP contribution in [0.5, 0.6) is 5.75 Å². The van der Waals surface area contributed by atoms with E-state index in [1.807, 2.05) is 0 Å². The molecule has 0 unspecified atom stereocenters. The summed E-state index contributed by atoms with van der Waals surface area (Å²) in [5, 5.41) is 20.3. The summed E-state index contributed by atoms with van der Waals surface area (Å²) in [6, 6.07) is 4.82. The molecule has 1 aliphatic heterocycles. The van der Waals surface area contributed by atoms with Gasteiger partial charge in [0.15, 0.2) is 6.21 Å². The maximum Gasteiger partial charge on any atom is 0.219 e. The quantitative estimate of drug-likeness (QED) is 0.466. The van der Waals surface area contributed by atoms with Crippen molar-refractivity contribution in [2.24, 2.45) is 0 Å². The molecular weight excluding hydrogens is 154 g/mol. The fraction of sp³-hybridized carbons (Fsp3) is 0.222. The zero-order valence-electron chi connectivity index (χ0n) is 6.53. The van der Waals surface area contributed by atoms with Crippen molar-refractivity contribution in [2.45, 2.75) is 12.8 Å². The monoisotopic (exact) mass is 163 g/mol. The summed E-state index contributed by atoms with van der Waals surface area (Å²) >= 11 is 0. The van der Waals surface area contributed by atoms with Crippen molar-refractivity contribution >= 4 is 11.9 Å². The van der Waals surface area contributed by atoms with E-state index in [4.69, 9.17) is 5.11 Å². The van der Waals surface area contributed by atoms with Gasteiger partial charge >= 0.3 is 0 Å². The molecule has 0 amide bonds. The summed E-state index contributed by atoms with van der Waals surface area (Å²) in [6.07, 6.45) is 3.20. The van der Waals surface area contributed by atoms with E-state index in [9.17, 15) is 5.21 Å². The largest absolute Gasteiger partial charge is 0.619 e. The van der Waals surface area contributed by atoms with Gasteiger partial charge in [0.2, 0.25) is 5.69 Å². The summed E-state index contributed by atoms with van der Waals surface area (Å²) in [5.74, 6) is 0.226. The lowest BCUT2D eigenvalue weighted by Gasteiger charge is -2.12. The lowest BCUT2D eigenvalue weighted by molar-refractivity contribution is -0.359. The fourth-order valence-corrected chi connectivity index (χ4v) is 1.42. The molecular formula is C9H9NO2. The molecule has 2 rings (SSSR count). The molecule has 3 nitrogen and oxygen atoms in total. The molecule has 0 atom stereocenters. The lowest BCUT2D eigenvalue weighted by Crippen LogP contribution is -2.07. The van der Waals surface area contributed by atoms with Gasteiger partial charge in [-0.3, -0.25) is 0 Å². The van der Waals surface area contributed by atoms with Crippen molar-refractivity contribution in [3.05, 3.63) is 29.0 Å². The second-order valence-electron chi connectivity index (χ2n) is 2.86. The molecule has 0 aromatic heterocycles. The first-order valence-corrected chi connectivity index (χ1v) is 3.89. The third-order valence-corrected chi connectivity index (χ3v) is 2.01. The highest BCUT2D eigenvalue weighted by atomic mass is 16.5. The standard InChI is InChI=1S/C9H9NO2/c11-8-3-4-9-7(6-8)2-1-5-10(9)12/h3-6,11H,1-2H2. The van der Waals surface area contributed by atoms with E-state index in [0.717, 1.165) is 23.1 Å². The summed E-state index contributed by atoms with van der Waals surface area (Å²) < 4.78 is 0.859. The number of aryl methyl sites for hydroxylation is 1. The highest BCUT2D eigenvalue weighted by molar-refractivity contribution is 5.60. The third kappa shape index (κ3) is 1.03. The van der Waals surface area contributed by atoms with E-state index >= 15 is 0 Å². The van der Waals surface area contributed by atoms with Gasteiger partial charge in [-0.1, -0.05) is 0 Å². The van der Waals surface area contributed by atoms with Gasteiger partial charge in [0.1, 0.15) is 5.75 Å². The van der Waals surface area contributed by atoms with Crippen LogP contribution in [0.2, 0.25) is 0 Å². The van der Waals surface area contributed by atoms with Crippen LogP contribution in [0.4, 0.5) is 5.69 Å². The molecule has 0 fully saturated rings. The van der Waals surface area contributed by atoms with Crippen molar-refractivity contribution in [2.75, 3.05) is 0 Å². The van der Waals surface area contributed by atoms with E-state index in [1.54, 1.807) is 18.3 Å². The van der Waals surface area contributed by atoms with Crippen LogP contribution in [-0.4, -0.2) is 16.1 Å². The van der Waals surface area contributed by atoms with E-state index in [2.05, 4.69) is 0 Å². The number of phenolic OH excluding ortho intramolecular Hbond substituents is 1. The molecule has 0 saturated heterocycles. The molecule has 1 aromatic carbocycles. The Morgan fingerprint density at radius 2 is 2.25 bits per heavy atom. The van der Waals surface area contributed by atoms with Crippen LogP contribution < -0.4 is 0 Å². The van der Waals surface area contributed by atoms with Crippen LogP contribution in [0, 0.1) is 5.21 Å². The van der Waals surface area contributed by atoms with Crippen molar-refractivity contribution in [1.82, 2.24) is 0 Å². The topological polar surface area (TPSA) is 46.3 Å². The average molecular weight is 163 g/mol. The lowest BCUT2D eigenvalue weighted by atomic mass is 10.1. The Labute approximate surface area is 70.2 Å². The Bertz CT molecular complexity index is 344. The average Bonchev–Trinajstić information content (AvgIpc) is 2.04.